The maximum atomic E-state index is 12.8. The number of unbranched alkanes of at least 4 members (excludes halogenated alkanes) is 2. The van der Waals surface area contributed by atoms with Gasteiger partial charge in [0.25, 0.3) is 0 Å². The Kier molecular flexibility index (Phi) is 6.05. The monoisotopic (exact) mass is 218 g/mol. The molecule has 0 fully saturated rings. The van der Waals surface area contributed by atoms with Crippen LogP contribution in [-0.2, 0) is 4.57 Å². The van der Waals surface area contributed by atoms with Crippen molar-refractivity contribution in [1.29, 1.82) is 0 Å². The molecule has 0 aliphatic carbocycles. The summed E-state index contributed by atoms with van der Waals surface area (Å²) < 4.78 is 12.8. The van der Waals surface area contributed by atoms with E-state index < -0.39 is 7.14 Å². The average Bonchev–Trinajstić information content (AvgIpc) is 2.09. The molecule has 1 nitrogen and oxygen atoms in total. The first kappa shape index (κ1) is 14.2. The van der Waals surface area contributed by atoms with Gasteiger partial charge >= 0.3 is 0 Å². The Hall–Kier alpha value is 0.230. The van der Waals surface area contributed by atoms with Gasteiger partial charge in [-0.2, -0.15) is 0 Å². The van der Waals surface area contributed by atoms with Crippen LogP contribution >= 0.6 is 7.14 Å². The van der Waals surface area contributed by atoms with Gasteiger partial charge in [0.15, 0.2) is 0 Å². The van der Waals surface area contributed by atoms with Crippen molar-refractivity contribution in [3.63, 3.8) is 0 Å². The van der Waals surface area contributed by atoms with Crippen LogP contribution in [0, 0.1) is 0 Å². The maximum Gasteiger partial charge on any atom is 0.0927 e. The van der Waals surface area contributed by atoms with Crippen molar-refractivity contribution >= 4 is 7.14 Å². The third-order valence-electron chi connectivity index (χ3n) is 2.97. The number of hydrogen-bond acceptors (Lipinski definition) is 1. The number of rotatable bonds is 6. The fourth-order valence-corrected chi connectivity index (χ4v) is 4.83. The van der Waals surface area contributed by atoms with Crippen molar-refractivity contribution < 1.29 is 4.57 Å². The van der Waals surface area contributed by atoms with Gasteiger partial charge in [-0.25, -0.2) is 0 Å². The van der Waals surface area contributed by atoms with Gasteiger partial charge in [-0.1, -0.05) is 47.5 Å². The zero-order valence-electron chi connectivity index (χ0n) is 10.6. The summed E-state index contributed by atoms with van der Waals surface area (Å²) in [5.41, 5.74) is 0. The Morgan fingerprint density at radius 2 is 1.29 bits per heavy atom. The average molecular weight is 218 g/mol. The van der Waals surface area contributed by atoms with Crippen LogP contribution in [0.25, 0.3) is 0 Å². The third-order valence-corrected chi connectivity index (χ3v) is 7.49. The van der Waals surface area contributed by atoms with E-state index in [4.69, 9.17) is 0 Å². The van der Waals surface area contributed by atoms with E-state index in [1.165, 1.54) is 0 Å². The van der Waals surface area contributed by atoms with E-state index >= 15 is 0 Å². The second kappa shape index (κ2) is 5.95. The summed E-state index contributed by atoms with van der Waals surface area (Å²) in [5.74, 6) is 0. The topological polar surface area (TPSA) is 17.1 Å². The summed E-state index contributed by atoms with van der Waals surface area (Å²) in [5, 5.41) is 0.0112. The minimum atomic E-state index is -1.94. The molecule has 0 unspecified atom stereocenters. The van der Waals surface area contributed by atoms with Gasteiger partial charge in [0, 0.05) is 17.5 Å². The van der Waals surface area contributed by atoms with Gasteiger partial charge in [-0.3, -0.25) is 0 Å². The molecule has 0 saturated heterocycles. The van der Waals surface area contributed by atoms with Gasteiger partial charge in [-0.05, 0) is 12.8 Å². The SMILES string of the molecule is CCCCP(=O)(CCCC)C(C)(C)C. The molecule has 14 heavy (non-hydrogen) atoms. The van der Waals surface area contributed by atoms with Crippen molar-refractivity contribution in [3.05, 3.63) is 0 Å². The fourth-order valence-electron chi connectivity index (χ4n) is 1.61. The van der Waals surface area contributed by atoms with Crippen molar-refractivity contribution in [3.8, 4) is 0 Å². The third kappa shape index (κ3) is 4.17. The molecule has 0 aromatic heterocycles. The molecule has 0 saturated carbocycles. The molecule has 0 amide bonds. The van der Waals surface area contributed by atoms with E-state index in [1.54, 1.807) is 0 Å². The Morgan fingerprint density at radius 1 is 0.929 bits per heavy atom. The minimum Gasteiger partial charge on any atom is -0.323 e. The molecular formula is C12H27OP. The lowest BCUT2D eigenvalue weighted by Gasteiger charge is -2.31. The maximum absolute atomic E-state index is 12.8. The second-order valence-electron chi connectivity index (χ2n) is 5.21. The Bertz CT molecular complexity index is 179. The van der Waals surface area contributed by atoms with E-state index in [2.05, 4.69) is 34.6 Å². The summed E-state index contributed by atoms with van der Waals surface area (Å²) in [6, 6.07) is 0. The van der Waals surface area contributed by atoms with Crippen LogP contribution < -0.4 is 0 Å². The van der Waals surface area contributed by atoms with E-state index in [-0.39, 0.29) is 5.16 Å². The van der Waals surface area contributed by atoms with Gasteiger partial charge in [0.1, 0.15) is 0 Å². The highest BCUT2D eigenvalue weighted by atomic mass is 31.2. The van der Waals surface area contributed by atoms with Crippen LogP contribution in [0.1, 0.15) is 60.3 Å². The van der Waals surface area contributed by atoms with E-state index in [1.807, 2.05) is 0 Å². The standard InChI is InChI=1S/C12H27OP/c1-6-8-10-14(13,11-9-7-2)12(3,4)5/h6-11H2,1-5H3. The highest BCUT2D eigenvalue weighted by molar-refractivity contribution is 7.65. The van der Waals surface area contributed by atoms with Gasteiger partial charge in [0.05, 0.1) is 7.14 Å². The summed E-state index contributed by atoms with van der Waals surface area (Å²) in [7, 11) is -1.94. The molecule has 2 heteroatoms. The summed E-state index contributed by atoms with van der Waals surface area (Å²) in [4.78, 5) is 0. The van der Waals surface area contributed by atoms with Crippen LogP contribution in [0.2, 0.25) is 0 Å². The molecule has 0 aliphatic rings. The summed E-state index contributed by atoms with van der Waals surface area (Å²) in [6.07, 6.45) is 6.47. The molecule has 0 spiro atoms. The Labute approximate surface area is 90.0 Å². The second-order valence-corrected chi connectivity index (χ2v) is 9.23. The molecule has 0 N–H and O–H groups in total. The zero-order valence-corrected chi connectivity index (χ0v) is 11.5. The molecule has 0 heterocycles. The molecule has 0 radical (unpaired) electrons. The van der Waals surface area contributed by atoms with Crippen LogP contribution in [0.4, 0.5) is 0 Å². The summed E-state index contributed by atoms with van der Waals surface area (Å²) >= 11 is 0. The first-order valence-electron chi connectivity index (χ1n) is 5.95. The lowest BCUT2D eigenvalue weighted by atomic mass is 10.3. The minimum absolute atomic E-state index is 0.0112. The molecular weight excluding hydrogens is 191 g/mol. The van der Waals surface area contributed by atoms with E-state index in [0.29, 0.717) is 0 Å². The summed E-state index contributed by atoms with van der Waals surface area (Å²) in [6.45, 7) is 10.8. The normalized spacial score (nSPS) is 13.2. The van der Waals surface area contributed by atoms with Crippen LogP contribution in [0.5, 0.6) is 0 Å². The molecule has 0 rings (SSSR count). The lowest BCUT2D eigenvalue weighted by Crippen LogP contribution is -2.19. The van der Waals surface area contributed by atoms with Gasteiger partial charge in [-0.15, -0.1) is 0 Å². The van der Waals surface area contributed by atoms with Crippen molar-refractivity contribution in [2.75, 3.05) is 12.3 Å². The molecule has 0 atom stereocenters. The van der Waals surface area contributed by atoms with Crippen molar-refractivity contribution in [2.24, 2.45) is 0 Å². The molecule has 0 bridgehead atoms. The zero-order chi connectivity index (χ0) is 11.2. The Morgan fingerprint density at radius 3 is 1.50 bits per heavy atom. The van der Waals surface area contributed by atoms with Crippen molar-refractivity contribution in [1.82, 2.24) is 0 Å². The largest absolute Gasteiger partial charge is 0.323 e. The van der Waals surface area contributed by atoms with Gasteiger partial charge in [0.2, 0.25) is 0 Å². The van der Waals surface area contributed by atoms with Crippen LogP contribution in [0.3, 0.4) is 0 Å². The molecule has 0 aromatic rings. The number of hydrogen-bond donors (Lipinski definition) is 0. The predicted octanol–water partition coefficient (Wildman–Crippen LogP) is 4.75. The molecule has 86 valence electrons. The van der Waals surface area contributed by atoms with Crippen LogP contribution in [0.15, 0.2) is 0 Å². The van der Waals surface area contributed by atoms with E-state index in [0.717, 1.165) is 38.0 Å². The predicted molar refractivity (Wildman–Crippen MR) is 66.9 cm³/mol. The lowest BCUT2D eigenvalue weighted by molar-refractivity contribution is 0.542. The fraction of sp³-hybridized carbons (Fsp3) is 1.00. The first-order valence-corrected chi connectivity index (χ1v) is 8.03. The highest BCUT2D eigenvalue weighted by Gasteiger charge is 2.34. The smallest absolute Gasteiger partial charge is 0.0927 e. The highest BCUT2D eigenvalue weighted by Crippen LogP contribution is 2.58. The first-order chi connectivity index (χ1) is 6.37. The van der Waals surface area contributed by atoms with Crippen LogP contribution in [-0.4, -0.2) is 17.5 Å². The molecule has 0 aliphatic heterocycles. The van der Waals surface area contributed by atoms with Crippen molar-refractivity contribution in [2.45, 2.75) is 65.5 Å². The van der Waals surface area contributed by atoms with Gasteiger partial charge < -0.3 is 4.57 Å². The molecule has 0 aromatic carbocycles. The quantitative estimate of drug-likeness (QED) is 0.588. The Balaban J connectivity index is 4.43. The van der Waals surface area contributed by atoms with E-state index in [9.17, 15) is 4.57 Å².